The number of thioether (sulfide) groups is 1. The molecule has 1 N–H and O–H groups in total. The summed E-state index contributed by atoms with van der Waals surface area (Å²) in [5, 5.41) is 3.62. The number of aryl methyl sites for hydroxylation is 1. The van der Waals surface area contributed by atoms with E-state index in [1.165, 1.54) is 0 Å². The van der Waals surface area contributed by atoms with E-state index in [2.05, 4.69) is 21.2 Å². The molecule has 21 heavy (non-hydrogen) atoms. The highest BCUT2D eigenvalue weighted by Crippen LogP contribution is 2.21. The van der Waals surface area contributed by atoms with Crippen molar-refractivity contribution in [3.63, 3.8) is 0 Å². The van der Waals surface area contributed by atoms with Crippen LogP contribution in [0.15, 0.2) is 46.9 Å². The lowest BCUT2D eigenvalue weighted by Gasteiger charge is -2.07. The molecule has 2 aromatic carbocycles. The molecule has 2 aromatic rings. The average Bonchev–Trinajstić information content (AvgIpc) is 2.45. The van der Waals surface area contributed by atoms with E-state index in [9.17, 15) is 4.79 Å². The fourth-order valence-electron chi connectivity index (χ4n) is 1.71. The molecule has 2 nitrogen and oxygen atoms in total. The van der Waals surface area contributed by atoms with Crippen molar-refractivity contribution in [3.05, 3.63) is 63.1 Å². The summed E-state index contributed by atoms with van der Waals surface area (Å²) in [6, 6.07) is 13.5. The molecule has 0 saturated carbocycles. The van der Waals surface area contributed by atoms with Crippen molar-refractivity contribution in [2.24, 2.45) is 0 Å². The van der Waals surface area contributed by atoms with Gasteiger partial charge in [0.2, 0.25) is 5.91 Å². The van der Waals surface area contributed by atoms with Gasteiger partial charge in [0.05, 0.1) is 5.75 Å². The van der Waals surface area contributed by atoms with Crippen LogP contribution in [0.3, 0.4) is 0 Å². The lowest BCUT2D eigenvalue weighted by molar-refractivity contribution is -0.113. The van der Waals surface area contributed by atoms with Gasteiger partial charge in [0.15, 0.2) is 0 Å². The minimum absolute atomic E-state index is 0.00437. The lowest BCUT2D eigenvalue weighted by atomic mass is 10.2. The van der Waals surface area contributed by atoms with Gasteiger partial charge in [0.1, 0.15) is 0 Å². The Hall–Kier alpha value is -0.970. The molecule has 0 fully saturated rings. The molecule has 0 heterocycles. The van der Waals surface area contributed by atoms with Crippen LogP contribution in [0.25, 0.3) is 0 Å². The van der Waals surface area contributed by atoms with Crippen LogP contribution in [0, 0.1) is 6.92 Å². The summed E-state index contributed by atoms with van der Waals surface area (Å²) in [6.07, 6.45) is 0. The van der Waals surface area contributed by atoms with Crippen molar-refractivity contribution in [2.75, 3.05) is 11.1 Å². The van der Waals surface area contributed by atoms with Gasteiger partial charge in [-0.05, 0) is 42.3 Å². The van der Waals surface area contributed by atoms with Gasteiger partial charge in [0, 0.05) is 20.9 Å². The highest BCUT2D eigenvalue weighted by Gasteiger charge is 2.04. The SMILES string of the molecule is Cc1ccc(NC(=O)CSCc2ccc(Cl)cc2)cc1Br. The molecular weight excluding hydrogens is 370 g/mol. The summed E-state index contributed by atoms with van der Waals surface area (Å²) in [7, 11) is 0. The maximum atomic E-state index is 11.9. The second kappa shape index (κ2) is 7.87. The molecule has 0 unspecified atom stereocenters. The molecule has 1 amide bonds. The predicted octanol–water partition coefficient (Wildman–Crippen LogP) is 5.28. The topological polar surface area (TPSA) is 29.1 Å². The van der Waals surface area contributed by atoms with Gasteiger partial charge in [-0.25, -0.2) is 0 Å². The summed E-state index contributed by atoms with van der Waals surface area (Å²) in [5.74, 6) is 1.22. The first-order valence-electron chi connectivity index (χ1n) is 6.43. The summed E-state index contributed by atoms with van der Waals surface area (Å²) < 4.78 is 0.995. The Kier molecular flexibility index (Phi) is 6.15. The Morgan fingerprint density at radius 3 is 2.62 bits per heavy atom. The molecule has 2 rings (SSSR count). The van der Waals surface area contributed by atoms with Crippen molar-refractivity contribution in [2.45, 2.75) is 12.7 Å². The van der Waals surface area contributed by atoms with Crippen LogP contribution in [-0.4, -0.2) is 11.7 Å². The van der Waals surface area contributed by atoms with Crippen LogP contribution in [0.5, 0.6) is 0 Å². The number of amides is 1. The van der Waals surface area contributed by atoms with Crippen LogP contribution < -0.4 is 5.32 Å². The van der Waals surface area contributed by atoms with E-state index in [-0.39, 0.29) is 5.91 Å². The van der Waals surface area contributed by atoms with Crippen molar-refractivity contribution in [3.8, 4) is 0 Å². The standard InChI is InChI=1S/C16H15BrClNOS/c1-11-2-7-14(8-15(11)17)19-16(20)10-21-9-12-3-5-13(18)6-4-12/h2-8H,9-10H2,1H3,(H,19,20). The van der Waals surface area contributed by atoms with Crippen molar-refractivity contribution < 1.29 is 4.79 Å². The monoisotopic (exact) mass is 383 g/mol. The molecule has 0 atom stereocenters. The molecule has 0 spiro atoms. The molecule has 0 bridgehead atoms. The van der Waals surface area contributed by atoms with Crippen LogP contribution >= 0.6 is 39.3 Å². The number of benzene rings is 2. The smallest absolute Gasteiger partial charge is 0.234 e. The number of carbonyl (C=O) groups is 1. The fourth-order valence-corrected chi connectivity index (χ4v) is 3.00. The lowest BCUT2D eigenvalue weighted by Crippen LogP contribution is -2.14. The molecule has 5 heteroatoms. The number of rotatable bonds is 5. The summed E-state index contributed by atoms with van der Waals surface area (Å²) >= 11 is 10.9. The van der Waals surface area contributed by atoms with E-state index in [0.29, 0.717) is 5.75 Å². The highest BCUT2D eigenvalue weighted by atomic mass is 79.9. The van der Waals surface area contributed by atoms with Crippen molar-refractivity contribution >= 4 is 50.9 Å². The van der Waals surface area contributed by atoms with Crippen LogP contribution in [0.1, 0.15) is 11.1 Å². The van der Waals surface area contributed by atoms with E-state index >= 15 is 0 Å². The summed E-state index contributed by atoms with van der Waals surface area (Å²) in [5.41, 5.74) is 3.12. The first-order chi connectivity index (χ1) is 10.0. The molecule has 110 valence electrons. The average molecular weight is 385 g/mol. The van der Waals surface area contributed by atoms with Gasteiger partial charge in [-0.1, -0.05) is 45.7 Å². The van der Waals surface area contributed by atoms with Crippen LogP contribution in [0.4, 0.5) is 5.69 Å². The highest BCUT2D eigenvalue weighted by molar-refractivity contribution is 9.10. The fraction of sp³-hybridized carbons (Fsp3) is 0.188. The third-order valence-electron chi connectivity index (χ3n) is 2.87. The van der Waals surface area contributed by atoms with E-state index in [4.69, 9.17) is 11.6 Å². The van der Waals surface area contributed by atoms with E-state index < -0.39 is 0 Å². The molecule has 0 aromatic heterocycles. The third kappa shape index (κ3) is 5.38. The van der Waals surface area contributed by atoms with Crippen LogP contribution in [-0.2, 0) is 10.5 Å². The Labute approximate surface area is 142 Å². The van der Waals surface area contributed by atoms with E-state index in [1.54, 1.807) is 11.8 Å². The Morgan fingerprint density at radius 1 is 1.24 bits per heavy atom. The zero-order chi connectivity index (χ0) is 15.2. The largest absolute Gasteiger partial charge is 0.325 e. The van der Waals surface area contributed by atoms with Gasteiger partial charge in [-0.15, -0.1) is 11.8 Å². The first-order valence-corrected chi connectivity index (χ1v) is 8.75. The van der Waals surface area contributed by atoms with Crippen LogP contribution in [0.2, 0.25) is 5.02 Å². The maximum Gasteiger partial charge on any atom is 0.234 e. The number of nitrogens with one attached hydrogen (secondary N) is 1. The molecule has 0 aliphatic rings. The van der Waals surface area contributed by atoms with Crippen molar-refractivity contribution in [1.82, 2.24) is 0 Å². The minimum atomic E-state index is 0.00437. The van der Waals surface area contributed by atoms with Gasteiger partial charge in [-0.2, -0.15) is 0 Å². The normalized spacial score (nSPS) is 10.4. The zero-order valence-corrected chi connectivity index (χ0v) is 14.7. The summed E-state index contributed by atoms with van der Waals surface area (Å²) in [6.45, 7) is 2.01. The molecule has 0 saturated heterocycles. The van der Waals surface area contributed by atoms with Gasteiger partial charge < -0.3 is 5.32 Å². The second-order valence-corrected chi connectivity index (χ2v) is 6.91. The third-order valence-corrected chi connectivity index (χ3v) is 4.98. The Balaban J connectivity index is 1.79. The Bertz CT molecular complexity index is 631. The van der Waals surface area contributed by atoms with Gasteiger partial charge in [-0.3, -0.25) is 4.79 Å². The molecule has 0 aliphatic carbocycles. The molecular formula is C16H15BrClNOS. The van der Waals surface area contributed by atoms with Crippen molar-refractivity contribution in [1.29, 1.82) is 0 Å². The maximum absolute atomic E-state index is 11.9. The quantitative estimate of drug-likeness (QED) is 0.759. The van der Waals surface area contributed by atoms with E-state index in [0.717, 1.165) is 32.1 Å². The second-order valence-electron chi connectivity index (χ2n) is 4.63. The van der Waals surface area contributed by atoms with E-state index in [1.807, 2.05) is 49.4 Å². The summed E-state index contributed by atoms with van der Waals surface area (Å²) in [4.78, 5) is 11.9. The zero-order valence-electron chi connectivity index (χ0n) is 11.5. The molecule has 0 radical (unpaired) electrons. The molecule has 0 aliphatic heterocycles. The number of halogens is 2. The first kappa shape index (κ1) is 16.4. The number of carbonyl (C=O) groups excluding carboxylic acids is 1. The predicted molar refractivity (Wildman–Crippen MR) is 95.1 cm³/mol. The Morgan fingerprint density at radius 2 is 1.95 bits per heavy atom. The number of anilines is 1. The number of hydrogen-bond donors (Lipinski definition) is 1. The minimum Gasteiger partial charge on any atom is -0.325 e. The van der Waals surface area contributed by atoms with Gasteiger partial charge in [0.25, 0.3) is 0 Å². The van der Waals surface area contributed by atoms with Gasteiger partial charge >= 0.3 is 0 Å². The number of hydrogen-bond acceptors (Lipinski definition) is 2.